The Morgan fingerprint density at radius 1 is 1.50 bits per heavy atom. The van der Waals surface area contributed by atoms with Gasteiger partial charge in [0, 0.05) is 6.54 Å². The van der Waals surface area contributed by atoms with Gasteiger partial charge < -0.3 is 15.0 Å². The summed E-state index contributed by atoms with van der Waals surface area (Å²) in [6.07, 6.45) is -0.693. The zero-order chi connectivity index (χ0) is 12.0. The molecular weight excluding hydrogens is 212 g/mol. The van der Waals surface area contributed by atoms with E-state index in [2.05, 4.69) is 5.32 Å². The van der Waals surface area contributed by atoms with Crippen molar-refractivity contribution in [1.82, 2.24) is 10.2 Å². The summed E-state index contributed by atoms with van der Waals surface area (Å²) >= 11 is 0. The molecular formula is C9H10N4O3. The van der Waals surface area contributed by atoms with Crippen molar-refractivity contribution < 1.29 is 14.3 Å². The van der Waals surface area contributed by atoms with Gasteiger partial charge in [-0.3, -0.25) is 9.59 Å². The number of amides is 2. The molecule has 1 heterocycles. The Labute approximate surface area is 92.2 Å². The summed E-state index contributed by atoms with van der Waals surface area (Å²) in [7, 11) is 0. The van der Waals surface area contributed by atoms with Gasteiger partial charge in [0.05, 0.1) is 25.3 Å². The quantitative estimate of drug-likeness (QED) is 0.423. The fourth-order valence-electron chi connectivity index (χ4n) is 1.25. The monoisotopic (exact) mass is 222 g/mol. The first-order valence-electron chi connectivity index (χ1n) is 4.64. The first-order chi connectivity index (χ1) is 7.69. The Kier molecular flexibility index (Phi) is 4.25. The third-order valence-corrected chi connectivity index (χ3v) is 2.02. The second-order valence-electron chi connectivity index (χ2n) is 3.08. The van der Waals surface area contributed by atoms with Crippen LogP contribution < -0.4 is 5.32 Å². The lowest BCUT2D eigenvalue weighted by molar-refractivity contribution is -0.149. The highest BCUT2D eigenvalue weighted by atomic mass is 16.5. The van der Waals surface area contributed by atoms with Crippen LogP contribution in [0.1, 0.15) is 0 Å². The lowest BCUT2D eigenvalue weighted by Gasteiger charge is -2.28. The van der Waals surface area contributed by atoms with E-state index in [-0.39, 0.29) is 26.2 Å². The largest absolute Gasteiger partial charge is 0.360 e. The molecule has 0 bridgehead atoms. The molecule has 0 radical (unpaired) electrons. The Bertz CT molecular complexity index is 368. The van der Waals surface area contributed by atoms with Crippen LogP contribution in [0, 0.1) is 22.7 Å². The van der Waals surface area contributed by atoms with Crippen molar-refractivity contribution in [3.63, 3.8) is 0 Å². The smallest absolute Gasteiger partial charge is 0.312 e. The van der Waals surface area contributed by atoms with Gasteiger partial charge in [0.1, 0.15) is 6.54 Å². The summed E-state index contributed by atoms with van der Waals surface area (Å²) in [5.41, 5.74) is 0. The molecule has 0 aromatic rings. The molecule has 1 atom stereocenters. The SMILES string of the molecule is N#CCNC(=O)C(=O)N1CCOC(C#N)C1. The van der Waals surface area contributed by atoms with E-state index in [0.29, 0.717) is 0 Å². The number of hydrogen-bond donors (Lipinski definition) is 1. The molecule has 2 amide bonds. The average Bonchev–Trinajstić information content (AvgIpc) is 2.35. The molecule has 0 saturated carbocycles. The van der Waals surface area contributed by atoms with E-state index in [1.165, 1.54) is 4.90 Å². The second kappa shape index (κ2) is 5.69. The summed E-state index contributed by atoms with van der Waals surface area (Å²) in [5.74, 6) is -1.57. The van der Waals surface area contributed by atoms with Crippen LogP contribution in [0.15, 0.2) is 0 Å². The maximum atomic E-state index is 11.5. The predicted molar refractivity (Wildman–Crippen MR) is 50.6 cm³/mol. The van der Waals surface area contributed by atoms with Crippen LogP contribution in [0.4, 0.5) is 0 Å². The zero-order valence-electron chi connectivity index (χ0n) is 8.47. The lowest BCUT2D eigenvalue weighted by atomic mass is 10.3. The van der Waals surface area contributed by atoms with E-state index in [4.69, 9.17) is 15.3 Å². The third kappa shape index (κ3) is 2.94. The summed E-state index contributed by atoms with van der Waals surface area (Å²) in [5, 5.41) is 19.0. The van der Waals surface area contributed by atoms with Gasteiger partial charge in [-0.15, -0.1) is 0 Å². The Morgan fingerprint density at radius 2 is 2.25 bits per heavy atom. The first kappa shape index (κ1) is 12.0. The molecule has 1 rings (SSSR count). The second-order valence-corrected chi connectivity index (χ2v) is 3.08. The Hall–Kier alpha value is -2.12. The predicted octanol–water partition coefficient (Wildman–Crippen LogP) is -1.62. The number of nitriles is 2. The van der Waals surface area contributed by atoms with E-state index < -0.39 is 17.9 Å². The molecule has 1 fully saturated rings. The van der Waals surface area contributed by atoms with Crippen LogP contribution in [-0.4, -0.2) is 49.1 Å². The fraction of sp³-hybridized carbons (Fsp3) is 0.556. The minimum absolute atomic E-state index is 0.0787. The molecule has 0 spiro atoms. The third-order valence-electron chi connectivity index (χ3n) is 2.02. The number of ether oxygens (including phenoxy) is 1. The van der Waals surface area contributed by atoms with Gasteiger partial charge in [-0.05, 0) is 0 Å². The number of nitrogens with zero attached hydrogens (tertiary/aromatic N) is 3. The highest BCUT2D eigenvalue weighted by molar-refractivity contribution is 6.35. The molecule has 0 aromatic heterocycles. The van der Waals surface area contributed by atoms with Crippen molar-refractivity contribution in [3.8, 4) is 12.1 Å². The van der Waals surface area contributed by atoms with E-state index >= 15 is 0 Å². The molecule has 1 aliphatic rings. The lowest BCUT2D eigenvalue weighted by Crippen LogP contribution is -2.50. The van der Waals surface area contributed by atoms with Crippen LogP contribution in [0.2, 0.25) is 0 Å². The topological polar surface area (TPSA) is 106 Å². The summed E-state index contributed by atoms with van der Waals surface area (Å²) in [6.45, 7) is 0.373. The van der Waals surface area contributed by atoms with Crippen molar-refractivity contribution in [3.05, 3.63) is 0 Å². The Balaban J connectivity index is 2.51. The van der Waals surface area contributed by atoms with Crippen molar-refractivity contribution in [2.75, 3.05) is 26.2 Å². The molecule has 1 saturated heterocycles. The zero-order valence-corrected chi connectivity index (χ0v) is 8.47. The molecule has 1 aliphatic heterocycles. The average molecular weight is 222 g/mol. The number of morpholine rings is 1. The number of hydrogen-bond acceptors (Lipinski definition) is 5. The minimum Gasteiger partial charge on any atom is -0.360 e. The minimum atomic E-state index is -0.833. The molecule has 7 nitrogen and oxygen atoms in total. The van der Waals surface area contributed by atoms with E-state index in [1.807, 2.05) is 6.07 Å². The number of carbonyl (C=O) groups is 2. The van der Waals surface area contributed by atoms with Gasteiger partial charge in [0.2, 0.25) is 0 Å². The van der Waals surface area contributed by atoms with Crippen LogP contribution in [0.3, 0.4) is 0 Å². The van der Waals surface area contributed by atoms with Crippen molar-refractivity contribution in [2.24, 2.45) is 0 Å². The highest BCUT2D eigenvalue weighted by Gasteiger charge is 2.27. The molecule has 1 N–H and O–H groups in total. The summed E-state index contributed by atoms with van der Waals surface area (Å²) in [4.78, 5) is 24.0. The number of carbonyl (C=O) groups excluding carboxylic acids is 2. The van der Waals surface area contributed by atoms with Gasteiger partial charge in [0.15, 0.2) is 6.10 Å². The van der Waals surface area contributed by atoms with Crippen LogP contribution in [-0.2, 0) is 14.3 Å². The van der Waals surface area contributed by atoms with E-state index in [9.17, 15) is 9.59 Å². The van der Waals surface area contributed by atoms with Crippen LogP contribution in [0.5, 0.6) is 0 Å². The molecule has 7 heteroatoms. The maximum absolute atomic E-state index is 11.5. The first-order valence-corrected chi connectivity index (χ1v) is 4.64. The van der Waals surface area contributed by atoms with Gasteiger partial charge >= 0.3 is 11.8 Å². The van der Waals surface area contributed by atoms with E-state index in [0.717, 1.165) is 0 Å². The molecule has 16 heavy (non-hydrogen) atoms. The van der Waals surface area contributed by atoms with Crippen molar-refractivity contribution in [2.45, 2.75) is 6.10 Å². The van der Waals surface area contributed by atoms with Gasteiger partial charge in [-0.25, -0.2) is 0 Å². The molecule has 0 aliphatic carbocycles. The maximum Gasteiger partial charge on any atom is 0.312 e. The molecule has 84 valence electrons. The summed E-state index contributed by atoms with van der Waals surface area (Å²) in [6, 6.07) is 3.57. The van der Waals surface area contributed by atoms with Gasteiger partial charge in [-0.1, -0.05) is 0 Å². The van der Waals surface area contributed by atoms with Crippen molar-refractivity contribution >= 4 is 11.8 Å². The van der Waals surface area contributed by atoms with Gasteiger partial charge in [-0.2, -0.15) is 10.5 Å². The van der Waals surface area contributed by atoms with E-state index in [1.54, 1.807) is 6.07 Å². The molecule has 0 aromatic carbocycles. The Morgan fingerprint density at radius 3 is 2.88 bits per heavy atom. The number of nitrogens with one attached hydrogen (secondary N) is 1. The fourth-order valence-corrected chi connectivity index (χ4v) is 1.25. The normalized spacial score (nSPS) is 19.4. The highest BCUT2D eigenvalue weighted by Crippen LogP contribution is 2.04. The van der Waals surface area contributed by atoms with Crippen LogP contribution >= 0.6 is 0 Å². The van der Waals surface area contributed by atoms with Crippen LogP contribution in [0.25, 0.3) is 0 Å². The molecule has 1 unspecified atom stereocenters. The summed E-state index contributed by atoms with van der Waals surface area (Å²) < 4.78 is 5.03. The standard InChI is InChI=1S/C9H10N4O3/c10-1-2-12-8(14)9(15)13-3-4-16-7(5-11)6-13/h7H,2-4,6H2,(H,12,14). The van der Waals surface area contributed by atoms with Gasteiger partial charge in [0.25, 0.3) is 0 Å². The number of rotatable bonds is 1. The van der Waals surface area contributed by atoms with Crippen molar-refractivity contribution in [1.29, 1.82) is 10.5 Å².